The lowest BCUT2D eigenvalue weighted by atomic mass is 10.1. The van der Waals surface area contributed by atoms with Crippen molar-refractivity contribution >= 4 is 23.4 Å². The molecule has 2 aromatic rings. The van der Waals surface area contributed by atoms with E-state index in [4.69, 9.17) is 10.6 Å². The molecule has 0 aliphatic carbocycles. The molecule has 0 spiro atoms. The van der Waals surface area contributed by atoms with Gasteiger partial charge in [-0.2, -0.15) is 5.10 Å². The maximum Gasteiger partial charge on any atom is 0.267 e. The van der Waals surface area contributed by atoms with Gasteiger partial charge in [0.25, 0.3) is 5.91 Å². The Morgan fingerprint density at radius 1 is 1.12 bits per heavy atom. The number of benzene rings is 2. The van der Waals surface area contributed by atoms with E-state index in [9.17, 15) is 4.79 Å². The Morgan fingerprint density at radius 2 is 1.79 bits per heavy atom. The molecule has 124 valence electrons. The highest BCUT2D eigenvalue weighted by atomic mass is 16.5. The number of carbonyl (C=O) groups is 1. The smallest absolute Gasteiger partial charge is 0.267 e. The van der Waals surface area contributed by atoms with Gasteiger partial charge in [0.15, 0.2) is 0 Å². The number of hydrogen-bond donors (Lipinski definition) is 3. The highest BCUT2D eigenvalue weighted by Gasteiger charge is 2.12. The summed E-state index contributed by atoms with van der Waals surface area (Å²) in [6.07, 6.45) is 1.72. The topological polar surface area (TPSA) is 88.7 Å². The summed E-state index contributed by atoms with van der Waals surface area (Å²) < 4.78 is 5.12. The van der Waals surface area contributed by atoms with Gasteiger partial charge in [-0.1, -0.05) is 30.3 Å². The first-order chi connectivity index (χ1) is 11.6. The molecular formula is C18H20N4O2. The molecule has 6 heteroatoms. The molecule has 0 saturated heterocycles. The maximum absolute atomic E-state index is 12.1. The van der Waals surface area contributed by atoms with Crippen LogP contribution in [0.4, 0.5) is 5.69 Å². The molecule has 0 radical (unpaired) electrons. The molecule has 0 heterocycles. The number of ether oxygens (including phenoxy) is 1. The summed E-state index contributed by atoms with van der Waals surface area (Å²) in [6.45, 7) is 1.74. The normalized spacial score (nSPS) is 11.8. The quantitative estimate of drug-likeness (QED) is 0.250. The number of nitrogens with zero attached hydrogens (tertiary/aromatic N) is 1. The fourth-order valence-corrected chi connectivity index (χ4v) is 2.00. The van der Waals surface area contributed by atoms with E-state index >= 15 is 0 Å². The number of hydrazine groups is 1. The van der Waals surface area contributed by atoms with E-state index in [-0.39, 0.29) is 0 Å². The van der Waals surface area contributed by atoms with Crippen LogP contribution in [0.1, 0.15) is 12.5 Å². The Kier molecular flexibility index (Phi) is 6.10. The van der Waals surface area contributed by atoms with Crippen LogP contribution in [-0.2, 0) is 4.79 Å². The van der Waals surface area contributed by atoms with Crippen molar-refractivity contribution in [1.82, 2.24) is 5.43 Å². The average molecular weight is 324 g/mol. The van der Waals surface area contributed by atoms with Gasteiger partial charge in [0.1, 0.15) is 5.75 Å². The van der Waals surface area contributed by atoms with Gasteiger partial charge >= 0.3 is 0 Å². The van der Waals surface area contributed by atoms with Gasteiger partial charge in [-0.05, 0) is 42.8 Å². The SMILES string of the molecule is COc1ccc(/C=C(C(=O)NN)/C(C)=N/Nc2ccccc2)cc1. The largest absolute Gasteiger partial charge is 0.497 e. The second kappa shape index (κ2) is 8.50. The number of rotatable bonds is 6. The van der Waals surface area contributed by atoms with E-state index in [0.29, 0.717) is 11.3 Å². The van der Waals surface area contributed by atoms with E-state index in [2.05, 4.69) is 16.0 Å². The second-order valence-electron chi connectivity index (χ2n) is 4.98. The number of hydrogen-bond acceptors (Lipinski definition) is 5. The van der Waals surface area contributed by atoms with E-state index in [1.165, 1.54) is 0 Å². The van der Waals surface area contributed by atoms with Crippen molar-refractivity contribution in [3.63, 3.8) is 0 Å². The van der Waals surface area contributed by atoms with Crippen molar-refractivity contribution in [3.8, 4) is 5.75 Å². The van der Waals surface area contributed by atoms with Crippen LogP contribution in [0, 0.1) is 0 Å². The van der Waals surface area contributed by atoms with Crippen LogP contribution in [0.3, 0.4) is 0 Å². The van der Waals surface area contributed by atoms with Crippen molar-refractivity contribution in [2.45, 2.75) is 6.92 Å². The van der Waals surface area contributed by atoms with Crippen LogP contribution in [-0.4, -0.2) is 18.7 Å². The monoisotopic (exact) mass is 324 g/mol. The Hall–Kier alpha value is -3.12. The lowest BCUT2D eigenvalue weighted by Crippen LogP contribution is -2.33. The molecule has 0 aliphatic rings. The fourth-order valence-electron chi connectivity index (χ4n) is 2.00. The van der Waals surface area contributed by atoms with E-state index in [1.807, 2.05) is 54.6 Å². The van der Waals surface area contributed by atoms with E-state index in [0.717, 1.165) is 17.0 Å². The first kappa shape index (κ1) is 17.2. The summed E-state index contributed by atoms with van der Waals surface area (Å²) in [7, 11) is 1.60. The molecule has 0 saturated carbocycles. The summed E-state index contributed by atoms with van der Waals surface area (Å²) in [4.78, 5) is 12.1. The first-order valence-electron chi connectivity index (χ1n) is 7.36. The van der Waals surface area contributed by atoms with Crippen LogP contribution in [0.25, 0.3) is 6.08 Å². The van der Waals surface area contributed by atoms with Crippen molar-refractivity contribution in [1.29, 1.82) is 0 Å². The number of para-hydroxylation sites is 1. The van der Waals surface area contributed by atoms with Crippen LogP contribution in [0.2, 0.25) is 0 Å². The molecule has 0 aromatic heterocycles. The predicted molar refractivity (Wildman–Crippen MR) is 96.5 cm³/mol. The fraction of sp³-hybridized carbons (Fsp3) is 0.111. The Morgan fingerprint density at radius 3 is 2.38 bits per heavy atom. The van der Waals surface area contributed by atoms with Crippen molar-refractivity contribution in [2.75, 3.05) is 12.5 Å². The van der Waals surface area contributed by atoms with Gasteiger partial charge in [-0.25, -0.2) is 5.84 Å². The predicted octanol–water partition coefficient (Wildman–Crippen LogP) is 2.56. The number of hydrazone groups is 1. The number of nitrogens with one attached hydrogen (secondary N) is 2. The van der Waals surface area contributed by atoms with Gasteiger partial charge in [0.2, 0.25) is 0 Å². The highest BCUT2D eigenvalue weighted by molar-refractivity contribution is 6.23. The second-order valence-corrected chi connectivity index (χ2v) is 4.98. The van der Waals surface area contributed by atoms with Crippen molar-refractivity contribution < 1.29 is 9.53 Å². The third-order valence-electron chi connectivity index (χ3n) is 3.32. The molecule has 2 aromatic carbocycles. The number of nitrogens with two attached hydrogens (primary N) is 1. The van der Waals surface area contributed by atoms with E-state index in [1.54, 1.807) is 20.1 Å². The van der Waals surface area contributed by atoms with E-state index < -0.39 is 5.91 Å². The van der Waals surface area contributed by atoms with Gasteiger partial charge in [0, 0.05) is 0 Å². The van der Waals surface area contributed by atoms with Crippen LogP contribution >= 0.6 is 0 Å². The van der Waals surface area contributed by atoms with Crippen LogP contribution < -0.4 is 21.4 Å². The Bertz CT molecular complexity index is 737. The van der Waals surface area contributed by atoms with Gasteiger partial charge in [-0.3, -0.25) is 15.6 Å². The zero-order valence-corrected chi connectivity index (χ0v) is 13.6. The zero-order valence-electron chi connectivity index (χ0n) is 13.6. The zero-order chi connectivity index (χ0) is 17.4. The molecule has 1 amide bonds. The lowest BCUT2D eigenvalue weighted by molar-refractivity contribution is -0.117. The lowest BCUT2D eigenvalue weighted by Gasteiger charge is -2.08. The molecule has 0 fully saturated rings. The van der Waals surface area contributed by atoms with Gasteiger partial charge < -0.3 is 4.74 Å². The summed E-state index contributed by atoms with van der Waals surface area (Å²) in [5.74, 6) is 5.61. The molecule has 0 unspecified atom stereocenters. The first-order valence-corrected chi connectivity index (χ1v) is 7.36. The van der Waals surface area contributed by atoms with Gasteiger partial charge in [0.05, 0.1) is 24.1 Å². The van der Waals surface area contributed by atoms with Crippen molar-refractivity contribution in [2.24, 2.45) is 10.9 Å². The summed E-state index contributed by atoms with van der Waals surface area (Å²) in [5.41, 5.74) is 7.60. The van der Waals surface area contributed by atoms with Crippen LogP contribution in [0.5, 0.6) is 5.75 Å². The third-order valence-corrected chi connectivity index (χ3v) is 3.32. The summed E-state index contributed by atoms with van der Waals surface area (Å²) >= 11 is 0. The number of methoxy groups -OCH3 is 1. The van der Waals surface area contributed by atoms with Crippen LogP contribution in [0.15, 0.2) is 65.3 Å². The summed E-state index contributed by atoms with van der Waals surface area (Å²) in [5, 5.41) is 4.25. The molecule has 0 atom stereocenters. The maximum atomic E-state index is 12.1. The molecule has 6 nitrogen and oxygen atoms in total. The third kappa shape index (κ3) is 4.69. The molecule has 0 aliphatic heterocycles. The average Bonchev–Trinajstić information content (AvgIpc) is 2.65. The summed E-state index contributed by atoms with van der Waals surface area (Å²) in [6, 6.07) is 16.8. The number of anilines is 1. The highest BCUT2D eigenvalue weighted by Crippen LogP contribution is 2.15. The Balaban J connectivity index is 2.26. The Labute approximate surface area is 141 Å². The minimum atomic E-state index is -0.415. The standard InChI is InChI=1S/C18H20N4O2/c1-13(21-22-15-6-4-3-5-7-15)17(18(23)20-19)12-14-8-10-16(24-2)11-9-14/h3-12,22H,19H2,1-2H3,(H,20,23)/b17-12-,21-13+. The van der Waals surface area contributed by atoms with Crippen molar-refractivity contribution in [3.05, 3.63) is 65.7 Å². The minimum absolute atomic E-state index is 0.367. The number of carbonyl (C=O) groups excluding carboxylic acids is 1. The number of amides is 1. The molecular weight excluding hydrogens is 304 g/mol. The molecule has 24 heavy (non-hydrogen) atoms. The molecule has 4 N–H and O–H groups in total. The molecule has 2 rings (SSSR count). The molecule has 0 bridgehead atoms. The minimum Gasteiger partial charge on any atom is -0.497 e. The van der Waals surface area contributed by atoms with Gasteiger partial charge in [-0.15, -0.1) is 0 Å².